The van der Waals surface area contributed by atoms with Crippen molar-refractivity contribution in [1.82, 2.24) is 19.3 Å². The normalized spacial score (nSPS) is 14.8. The highest BCUT2D eigenvalue weighted by molar-refractivity contribution is 7.71. The van der Waals surface area contributed by atoms with Gasteiger partial charge in [-0.15, -0.1) is 0 Å². The molecule has 0 aliphatic carbocycles. The lowest BCUT2D eigenvalue weighted by Gasteiger charge is -2.36. The maximum absolute atomic E-state index is 13.3. The summed E-state index contributed by atoms with van der Waals surface area (Å²) in [5, 5.41) is 0.853. The summed E-state index contributed by atoms with van der Waals surface area (Å²) in [6, 6.07) is 18.5. The van der Waals surface area contributed by atoms with Gasteiger partial charge in [0.1, 0.15) is 5.65 Å². The molecular formula is C26H20F3N5OS. The van der Waals surface area contributed by atoms with Crippen LogP contribution in [0.15, 0.2) is 66.7 Å². The summed E-state index contributed by atoms with van der Waals surface area (Å²) in [6.07, 6.45) is -4.39. The van der Waals surface area contributed by atoms with E-state index in [0.29, 0.717) is 42.2 Å². The average Bonchev–Trinajstić information content (AvgIpc) is 3.28. The first kappa shape index (κ1) is 22.5. The number of alkyl halides is 3. The second-order valence-corrected chi connectivity index (χ2v) is 9.16. The topological polar surface area (TPSA) is 56.6 Å². The van der Waals surface area contributed by atoms with Crippen LogP contribution in [0.1, 0.15) is 15.9 Å². The lowest BCUT2D eigenvalue weighted by Crippen LogP contribution is -2.48. The molecule has 3 aromatic carbocycles. The maximum Gasteiger partial charge on any atom is 0.416 e. The lowest BCUT2D eigenvalue weighted by molar-refractivity contribution is -0.137. The van der Waals surface area contributed by atoms with E-state index in [1.165, 1.54) is 6.07 Å². The predicted octanol–water partition coefficient (Wildman–Crippen LogP) is 5.68. The number of fused-ring (bicyclic) bond motifs is 5. The Bertz CT molecular complexity index is 1700. The summed E-state index contributed by atoms with van der Waals surface area (Å²) >= 11 is 5.58. The lowest BCUT2D eigenvalue weighted by atomic mass is 10.1. The van der Waals surface area contributed by atoms with Crippen molar-refractivity contribution in [2.75, 3.05) is 31.1 Å². The Hall–Kier alpha value is -3.92. The summed E-state index contributed by atoms with van der Waals surface area (Å²) < 4.78 is 41.6. The molecule has 1 amide bonds. The quantitative estimate of drug-likeness (QED) is 0.313. The number of carbonyl (C=O) groups is 1. The Morgan fingerprint density at radius 2 is 1.72 bits per heavy atom. The zero-order valence-corrected chi connectivity index (χ0v) is 19.7. The van der Waals surface area contributed by atoms with E-state index < -0.39 is 11.7 Å². The fourth-order valence-corrected chi connectivity index (χ4v) is 5.08. The van der Waals surface area contributed by atoms with Crippen LogP contribution in [0.3, 0.4) is 0 Å². The van der Waals surface area contributed by atoms with Gasteiger partial charge < -0.3 is 14.8 Å². The van der Waals surface area contributed by atoms with E-state index in [4.69, 9.17) is 17.2 Å². The average molecular weight is 508 g/mol. The van der Waals surface area contributed by atoms with E-state index in [9.17, 15) is 18.0 Å². The molecule has 0 bridgehead atoms. The molecule has 1 saturated heterocycles. The van der Waals surface area contributed by atoms with Gasteiger partial charge in [-0.25, -0.2) is 4.98 Å². The highest BCUT2D eigenvalue weighted by Crippen LogP contribution is 2.32. The van der Waals surface area contributed by atoms with Crippen LogP contribution >= 0.6 is 12.2 Å². The molecule has 0 unspecified atom stereocenters. The third kappa shape index (κ3) is 3.78. The van der Waals surface area contributed by atoms with Crippen molar-refractivity contribution >= 4 is 51.4 Å². The molecule has 36 heavy (non-hydrogen) atoms. The van der Waals surface area contributed by atoms with E-state index in [1.807, 2.05) is 39.6 Å². The van der Waals surface area contributed by atoms with E-state index in [0.717, 1.165) is 39.7 Å². The number of H-pyrrole nitrogens is 1. The number of imidazole rings is 1. The number of nitrogens with one attached hydrogen (secondary N) is 1. The number of rotatable bonds is 2. The van der Waals surface area contributed by atoms with Gasteiger partial charge in [-0.05, 0) is 60.7 Å². The van der Waals surface area contributed by atoms with E-state index in [1.54, 1.807) is 23.1 Å². The number of hydrogen-bond donors (Lipinski definition) is 1. The number of halogens is 3. The van der Waals surface area contributed by atoms with Gasteiger partial charge in [0.15, 0.2) is 4.77 Å². The molecule has 182 valence electrons. The third-order valence-electron chi connectivity index (χ3n) is 6.62. The van der Waals surface area contributed by atoms with Gasteiger partial charge in [-0.1, -0.05) is 18.2 Å². The van der Waals surface area contributed by atoms with E-state index in [2.05, 4.69) is 4.98 Å². The molecule has 6 nitrogen and oxygen atoms in total. The minimum Gasteiger partial charge on any atom is -0.368 e. The highest BCUT2D eigenvalue weighted by Gasteiger charge is 2.31. The van der Waals surface area contributed by atoms with Crippen LogP contribution < -0.4 is 4.90 Å². The molecular weight excluding hydrogens is 487 g/mol. The molecule has 2 aromatic heterocycles. The molecule has 0 radical (unpaired) electrons. The number of anilines is 1. The Morgan fingerprint density at radius 1 is 0.944 bits per heavy atom. The molecule has 0 atom stereocenters. The van der Waals surface area contributed by atoms with Crippen LogP contribution in [0.5, 0.6) is 0 Å². The first-order valence-corrected chi connectivity index (χ1v) is 11.9. The van der Waals surface area contributed by atoms with Gasteiger partial charge in [-0.2, -0.15) is 13.2 Å². The largest absolute Gasteiger partial charge is 0.416 e. The molecule has 5 aromatic rings. The summed E-state index contributed by atoms with van der Waals surface area (Å²) in [5.74, 6) is -0.131. The number of aromatic nitrogens is 3. The zero-order chi connectivity index (χ0) is 25.0. The Balaban J connectivity index is 1.25. The smallest absolute Gasteiger partial charge is 0.368 e. The minimum atomic E-state index is -4.39. The zero-order valence-electron chi connectivity index (χ0n) is 18.9. The van der Waals surface area contributed by atoms with Gasteiger partial charge in [0.25, 0.3) is 5.91 Å². The van der Waals surface area contributed by atoms with Gasteiger partial charge in [0.2, 0.25) is 0 Å². The Labute approximate surface area is 208 Å². The first-order chi connectivity index (χ1) is 17.3. The fourth-order valence-electron chi connectivity index (χ4n) is 4.79. The summed E-state index contributed by atoms with van der Waals surface area (Å²) in [4.78, 5) is 24.8. The summed E-state index contributed by atoms with van der Waals surface area (Å²) in [6.45, 7) is 1.72. The van der Waals surface area contributed by atoms with Gasteiger partial charge in [-0.3, -0.25) is 9.20 Å². The molecule has 1 N–H and O–H groups in total. The highest BCUT2D eigenvalue weighted by atomic mass is 32.1. The summed E-state index contributed by atoms with van der Waals surface area (Å²) in [7, 11) is 0. The number of hydrogen-bond acceptors (Lipinski definition) is 4. The Morgan fingerprint density at radius 3 is 2.50 bits per heavy atom. The minimum absolute atomic E-state index is 0.131. The SMILES string of the molecule is O=C(c1ccc2c(c1)[nH]c(=S)n1c3ccccc3nc21)N1CCN(c2cccc(C(F)(F)F)c2)CC1. The van der Waals surface area contributed by atoms with E-state index >= 15 is 0 Å². The monoisotopic (exact) mass is 507 g/mol. The van der Waals surface area contributed by atoms with Crippen LogP contribution in [0.4, 0.5) is 18.9 Å². The Kier molecular flexibility index (Phi) is 5.22. The van der Waals surface area contributed by atoms with Crippen LogP contribution in [0, 0.1) is 4.77 Å². The van der Waals surface area contributed by atoms with Crippen LogP contribution in [-0.2, 0) is 6.18 Å². The number of carbonyl (C=O) groups excluding carboxylic acids is 1. The predicted molar refractivity (Wildman–Crippen MR) is 135 cm³/mol. The molecule has 3 heterocycles. The molecule has 1 aliphatic rings. The second kappa shape index (κ2) is 8.34. The number of para-hydroxylation sites is 2. The number of aromatic amines is 1. The van der Waals surface area contributed by atoms with Crippen LogP contribution in [0.25, 0.3) is 27.6 Å². The van der Waals surface area contributed by atoms with Crippen molar-refractivity contribution in [1.29, 1.82) is 0 Å². The van der Waals surface area contributed by atoms with Crippen molar-refractivity contribution in [3.05, 3.63) is 82.6 Å². The number of benzene rings is 3. The van der Waals surface area contributed by atoms with Crippen LogP contribution in [0.2, 0.25) is 0 Å². The van der Waals surface area contributed by atoms with Gasteiger partial charge in [0, 0.05) is 42.8 Å². The summed E-state index contributed by atoms with van der Waals surface area (Å²) in [5.41, 5.74) is 3.54. The first-order valence-electron chi connectivity index (χ1n) is 11.4. The van der Waals surface area contributed by atoms with Crippen molar-refractivity contribution in [3.8, 4) is 0 Å². The van der Waals surface area contributed by atoms with Gasteiger partial charge >= 0.3 is 6.18 Å². The number of piperazine rings is 1. The van der Waals surface area contributed by atoms with Crippen LogP contribution in [-0.4, -0.2) is 51.4 Å². The van der Waals surface area contributed by atoms with E-state index in [-0.39, 0.29) is 5.91 Å². The van der Waals surface area contributed by atoms with Crippen molar-refractivity contribution in [2.24, 2.45) is 0 Å². The molecule has 1 aliphatic heterocycles. The molecule has 0 saturated carbocycles. The van der Waals surface area contributed by atoms with Crippen molar-refractivity contribution < 1.29 is 18.0 Å². The second-order valence-electron chi connectivity index (χ2n) is 8.78. The molecule has 10 heteroatoms. The number of nitrogens with zero attached hydrogens (tertiary/aromatic N) is 4. The fraction of sp³-hybridized carbons (Fsp3) is 0.192. The standard InChI is InChI=1S/C26H20F3N5OS/c27-26(28,29)17-4-3-5-18(15-17)32-10-12-33(13-11-32)24(35)16-8-9-19-21(14-16)31-25(36)34-22-7-2-1-6-20(22)30-23(19)34/h1-9,14-15H,10-13H2,(H,31,36). The van der Waals surface area contributed by atoms with Gasteiger partial charge in [0.05, 0.1) is 22.1 Å². The van der Waals surface area contributed by atoms with Crippen molar-refractivity contribution in [3.63, 3.8) is 0 Å². The third-order valence-corrected chi connectivity index (χ3v) is 6.90. The molecule has 1 fully saturated rings. The maximum atomic E-state index is 13.3. The molecule has 0 spiro atoms. The van der Waals surface area contributed by atoms with Crippen molar-refractivity contribution in [2.45, 2.75) is 6.18 Å². The number of amides is 1. The molecule has 6 rings (SSSR count).